The van der Waals surface area contributed by atoms with Gasteiger partial charge in [-0.1, -0.05) is 49.8 Å². The van der Waals surface area contributed by atoms with Gasteiger partial charge in [-0.25, -0.2) is 0 Å². The Bertz CT molecular complexity index is 1500. The number of aliphatic hydroxyl groups is 1. The molecule has 1 saturated heterocycles. The van der Waals surface area contributed by atoms with E-state index in [9.17, 15) is 20.0 Å². The number of aromatic nitrogens is 1. The van der Waals surface area contributed by atoms with E-state index in [1.807, 2.05) is 36.4 Å². The van der Waals surface area contributed by atoms with E-state index >= 15 is 0 Å². The highest BCUT2D eigenvalue weighted by Crippen LogP contribution is 2.70. The fourth-order valence-electron chi connectivity index (χ4n) is 9.14. The van der Waals surface area contributed by atoms with Crippen LogP contribution >= 0.6 is 0 Å². The van der Waals surface area contributed by atoms with Crippen LogP contribution in [-0.2, 0) is 19.1 Å². The number of fused-ring (bicyclic) bond motifs is 8. The predicted octanol–water partition coefficient (Wildman–Crippen LogP) is 4.76. The van der Waals surface area contributed by atoms with Gasteiger partial charge >= 0.3 is 0 Å². The maximum absolute atomic E-state index is 14.0. The zero-order valence-electron chi connectivity index (χ0n) is 22.2. The average molecular weight is 525 g/mol. The number of ketones is 2. The van der Waals surface area contributed by atoms with Crippen molar-refractivity contribution in [2.75, 3.05) is 0 Å². The molecule has 7 heteroatoms. The smallest absolute Gasteiger partial charge is 0.186 e. The predicted molar refractivity (Wildman–Crippen MR) is 142 cm³/mol. The molecule has 7 nitrogen and oxygen atoms in total. The molecule has 2 heterocycles. The van der Waals surface area contributed by atoms with Crippen molar-refractivity contribution >= 4 is 22.5 Å². The van der Waals surface area contributed by atoms with E-state index < -0.39 is 34.9 Å². The lowest BCUT2D eigenvalue weighted by molar-refractivity contribution is -0.197. The monoisotopic (exact) mass is 524 g/mol. The van der Waals surface area contributed by atoms with E-state index in [2.05, 4.69) is 31.0 Å². The fourth-order valence-corrected chi connectivity index (χ4v) is 9.14. The van der Waals surface area contributed by atoms with Crippen LogP contribution in [0, 0.1) is 39.9 Å². The van der Waals surface area contributed by atoms with Crippen LogP contribution in [0.1, 0.15) is 57.8 Å². The van der Waals surface area contributed by atoms with Gasteiger partial charge in [0.2, 0.25) is 0 Å². The Kier molecular flexibility index (Phi) is 5.35. The Labute approximate surface area is 227 Å². The molecule has 9 atom stereocenters. The second-order valence-corrected chi connectivity index (χ2v) is 12.4. The molecule has 39 heavy (non-hydrogen) atoms. The van der Waals surface area contributed by atoms with Gasteiger partial charge < -0.3 is 14.6 Å². The molecule has 2 aromatic rings. The molecule has 200 valence electrons. The third-order valence-corrected chi connectivity index (χ3v) is 10.8. The van der Waals surface area contributed by atoms with E-state index in [0.29, 0.717) is 19.3 Å². The van der Waals surface area contributed by atoms with Gasteiger partial charge in [0, 0.05) is 40.3 Å². The lowest BCUT2D eigenvalue weighted by Crippen LogP contribution is -2.62. The third-order valence-electron chi connectivity index (χ3n) is 10.8. The zero-order valence-corrected chi connectivity index (χ0v) is 22.2. The number of pyridine rings is 1. The Morgan fingerprint density at radius 2 is 2.08 bits per heavy atom. The van der Waals surface area contributed by atoms with E-state index in [0.717, 1.165) is 28.5 Å². The molecule has 0 amide bonds. The largest absolute Gasteiger partial charge is 0.393 e. The van der Waals surface area contributed by atoms with Crippen molar-refractivity contribution in [3.63, 3.8) is 0 Å². The molecule has 1 aliphatic heterocycles. The molecule has 5 aliphatic rings. The molecule has 1 N–H and O–H groups in total. The summed E-state index contributed by atoms with van der Waals surface area (Å²) < 4.78 is 13.4. The number of Topliss-reactive ketones (excluding diaryl/α,β-unsaturated/α-hetero) is 1. The number of allylic oxidation sites excluding steroid dienone is 4. The average Bonchev–Trinajstić information content (AvgIpc) is 3.42. The van der Waals surface area contributed by atoms with Crippen LogP contribution in [0.15, 0.2) is 60.3 Å². The molecule has 0 radical (unpaired) electrons. The van der Waals surface area contributed by atoms with E-state index in [1.165, 1.54) is 0 Å². The van der Waals surface area contributed by atoms with Gasteiger partial charge in [0.1, 0.15) is 0 Å². The molecule has 0 bridgehead atoms. The van der Waals surface area contributed by atoms with Crippen molar-refractivity contribution < 1.29 is 24.2 Å². The lowest BCUT2D eigenvalue weighted by atomic mass is 9.46. The Morgan fingerprint density at radius 3 is 2.90 bits per heavy atom. The summed E-state index contributed by atoms with van der Waals surface area (Å²) in [6.07, 6.45) is 7.39. The van der Waals surface area contributed by atoms with Gasteiger partial charge in [-0.15, -0.1) is 0 Å². The summed E-state index contributed by atoms with van der Waals surface area (Å²) >= 11 is 0. The summed E-state index contributed by atoms with van der Waals surface area (Å²) in [6, 6.07) is 11.7. The molecular formula is C32H32N2O5. The van der Waals surface area contributed by atoms with Gasteiger partial charge in [-0.05, 0) is 49.3 Å². The number of benzene rings is 1. The first-order valence-electron chi connectivity index (χ1n) is 13.9. The molecule has 4 aliphatic carbocycles. The van der Waals surface area contributed by atoms with E-state index in [1.54, 1.807) is 12.3 Å². The number of nitriles is 1. The standard InChI is InChI=1S/C32H32N2O5/c1-30-12-9-19(35)15-18(30)7-8-22-23-16-27-32(26(37)10-13-33,31(23,2)17-25(36)28(22)30)39-29(38-27)21-11-14-34-24-6-4-3-5-20(21)24/h3-7,9,11-12,14,22-23,25,27-29,36H,8,10,15-17H2,1-2H3/t22-,23-,25-,27+,28+,29?,30-,31-,32+/m0/s1. The summed E-state index contributed by atoms with van der Waals surface area (Å²) in [5, 5.41) is 22.3. The van der Waals surface area contributed by atoms with Crippen LogP contribution < -0.4 is 0 Å². The van der Waals surface area contributed by atoms with Crippen molar-refractivity contribution in [3.05, 3.63) is 65.9 Å². The van der Waals surface area contributed by atoms with Crippen molar-refractivity contribution in [3.8, 4) is 6.07 Å². The first-order valence-corrected chi connectivity index (χ1v) is 13.9. The third kappa shape index (κ3) is 3.17. The molecule has 3 fully saturated rings. The van der Waals surface area contributed by atoms with Gasteiger partial charge in [-0.3, -0.25) is 14.6 Å². The van der Waals surface area contributed by atoms with E-state index in [-0.39, 0.29) is 35.7 Å². The minimum Gasteiger partial charge on any atom is -0.393 e. The van der Waals surface area contributed by atoms with Gasteiger partial charge in [0.15, 0.2) is 23.5 Å². The normalized spacial score (nSPS) is 42.2. The van der Waals surface area contributed by atoms with Crippen LogP contribution in [0.4, 0.5) is 0 Å². The molecule has 1 aromatic heterocycles. The van der Waals surface area contributed by atoms with Crippen LogP contribution in [0.2, 0.25) is 0 Å². The Balaban J connectivity index is 1.31. The number of hydrogen-bond acceptors (Lipinski definition) is 7. The van der Waals surface area contributed by atoms with Crippen molar-refractivity contribution in [1.82, 2.24) is 4.98 Å². The molecule has 7 rings (SSSR count). The van der Waals surface area contributed by atoms with Gasteiger partial charge in [0.25, 0.3) is 0 Å². The molecule has 1 aromatic carbocycles. The SMILES string of the molecule is C[C@]12C=CC(=O)CC1=CC[C@@H]1[C@@H]2[C@@H](O)C[C@@]2(C)[C@H]1C[C@H]1OC(c3ccnc4ccccc34)O[C@]12C(=O)CC#N. The minimum absolute atomic E-state index is 0.0503. The minimum atomic E-state index is -1.34. The molecule has 2 saturated carbocycles. The first kappa shape index (κ1) is 24.8. The molecule has 1 unspecified atom stereocenters. The highest BCUT2D eigenvalue weighted by atomic mass is 16.7. The van der Waals surface area contributed by atoms with Crippen molar-refractivity contribution in [2.45, 2.75) is 70.1 Å². The van der Waals surface area contributed by atoms with Crippen molar-refractivity contribution in [1.29, 1.82) is 5.26 Å². The maximum atomic E-state index is 14.0. The number of carbonyl (C=O) groups excluding carboxylic acids is 2. The van der Waals surface area contributed by atoms with Crippen LogP contribution in [0.25, 0.3) is 10.9 Å². The molecule has 0 spiro atoms. The summed E-state index contributed by atoms with van der Waals surface area (Å²) in [6.45, 7) is 4.19. The zero-order chi connectivity index (χ0) is 27.2. The molecular weight excluding hydrogens is 492 g/mol. The number of ether oxygens (including phenoxy) is 2. The summed E-state index contributed by atoms with van der Waals surface area (Å²) in [5.74, 6) is -0.0978. The number of para-hydroxylation sites is 1. The highest BCUT2D eigenvalue weighted by Gasteiger charge is 2.75. The number of nitrogens with zero attached hydrogens (tertiary/aromatic N) is 2. The van der Waals surface area contributed by atoms with Gasteiger partial charge in [-0.2, -0.15) is 5.26 Å². The summed E-state index contributed by atoms with van der Waals surface area (Å²) in [5.41, 5.74) is 0.248. The lowest BCUT2D eigenvalue weighted by Gasteiger charge is -2.59. The number of aliphatic hydroxyl groups excluding tert-OH is 1. The van der Waals surface area contributed by atoms with Gasteiger partial charge in [0.05, 0.1) is 30.2 Å². The number of carbonyl (C=O) groups is 2. The maximum Gasteiger partial charge on any atom is 0.186 e. The summed E-state index contributed by atoms with van der Waals surface area (Å²) in [7, 11) is 0. The number of hydrogen-bond donors (Lipinski definition) is 1. The Hall–Kier alpha value is -3.18. The highest BCUT2D eigenvalue weighted by molar-refractivity contribution is 5.94. The van der Waals surface area contributed by atoms with Crippen LogP contribution in [0.5, 0.6) is 0 Å². The van der Waals surface area contributed by atoms with Crippen LogP contribution in [0.3, 0.4) is 0 Å². The second-order valence-electron chi connectivity index (χ2n) is 12.4. The first-order chi connectivity index (χ1) is 18.7. The van der Waals surface area contributed by atoms with Crippen LogP contribution in [-0.4, -0.2) is 39.5 Å². The fraction of sp³-hybridized carbons (Fsp3) is 0.500. The second kappa shape index (κ2) is 8.41. The topological polar surface area (TPSA) is 110 Å². The number of rotatable bonds is 3. The quantitative estimate of drug-likeness (QED) is 0.577. The Morgan fingerprint density at radius 1 is 1.26 bits per heavy atom. The summed E-state index contributed by atoms with van der Waals surface area (Å²) in [4.78, 5) is 30.6. The van der Waals surface area contributed by atoms with E-state index in [4.69, 9.17) is 9.47 Å². The van der Waals surface area contributed by atoms with Crippen molar-refractivity contribution in [2.24, 2.45) is 28.6 Å².